The van der Waals surface area contributed by atoms with Gasteiger partial charge in [0.25, 0.3) is 5.78 Å². The standard InChI is InChI=1S/C15H11ClF3N5OS/c1-8(26-14-22-13-20-5-2-6-24(13)23-14)12(25)21-9-3-4-11(16)10(7-9)15(17,18)19/h2-8H,1H3,(H,21,25). The normalized spacial score (nSPS) is 13.0. The number of nitrogens with zero attached hydrogens (tertiary/aromatic N) is 4. The van der Waals surface area contributed by atoms with Crippen LogP contribution in [-0.4, -0.2) is 30.7 Å². The number of aromatic nitrogens is 4. The monoisotopic (exact) mass is 401 g/mol. The summed E-state index contributed by atoms with van der Waals surface area (Å²) in [7, 11) is 0. The second kappa shape index (κ2) is 7.12. The highest BCUT2D eigenvalue weighted by Gasteiger charge is 2.33. The lowest BCUT2D eigenvalue weighted by molar-refractivity contribution is -0.137. The predicted molar refractivity (Wildman–Crippen MR) is 91.2 cm³/mol. The second-order valence-corrected chi connectivity index (χ2v) is 6.92. The third-order valence-corrected chi connectivity index (χ3v) is 4.57. The highest BCUT2D eigenvalue weighted by Crippen LogP contribution is 2.36. The van der Waals surface area contributed by atoms with Gasteiger partial charge in [0.1, 0.15) is 0 Å². The van der Waals surface area contributed by atoms with Gasteiger partial charge < -0.3 is 5.32 Å². The van der Waals surface area contributed by atoms with E-state index in [-0.39, 0.29) is 5.69 Å². The molecule has 0 fully saturated rings. The summed E-state index contributed by atoms with van der Waals surface area (Å²) >= 11 is 6.63. The molecule has 11 heteroatoms. The molecule has 2 aromatic heterocycles. The van der Waals surface area contributed by atoms with Crippen LogP contribution in [0.2, 0.25) is 5.02 Å². The molecule has 0 aliphatic heterocycles. The summed E-state index contributed by atoms with van der Waals surface area (Å²) in [5.74, 6) is -0.104. The van der Waals surface area contributed by atoms with E-state index in [4.69, 9.17) is 11.6 Å². The van der Waals surface area contributed by atoms with Crippen LogP contribution in [0, 0.1) is 0 Å². The van der Waals surface area contributed by atoms with Crippen LogP contribution < -0.4 is 5.32 Å². The predicted octanol–water partition coefficient (Wildman–Crippen LogP) is 3.92. The molecule has 0 radical (unpaired) electrons. The van der Waals surface area contributed by atoms with Gasteiger partial charge in [0.15, 0.2) is 0 Å². The zero-order chi connectivity index (χ0) is 18.9. The molecule has 1 atom stereocenters. The van der Waals surface area contributed by atoms with E-state index in [0.29, 0.717) is 10.9 Å². The summed E-state index contributed by atoms with van der Waals surface area (Å²) in [6.07, 6.45) is -1.38. The van der Waals surface area contributed by atoms with Crippen LogP contribution >= 0.6 is 23.4 Å². The Hall–Kier alpha value is -2.33. The molecule has 26 heavy (non-hydrogen) atoms. The molecular formula is C15H11ClF3N5OS. The molecule has 1 N–H and O–H groups in total. The molecule has 136 valence electrons. The van der Waals surface area contributed by atoms with Gasteiger partial charge in [-0.05, 0) is 31.2 Å². The first-order valence-corrected chi connectivity index (χ1v) is 8.51. The van der Waals surface area contributed by atoms with Gasteiger partial charge in [-0.15, -0.1) is 5.10 Å². The molecule has 3 aromatic rings. The zero-order valence-corrected chi connectivity index (χ0v) is 14.7. The van der Waals surface area contributed by atoms with Crippen molar-refractivity contribution in [1.29, 1.82) is 0 Å². The fourth-order valence-corrected chi connectivity index (χ4v) is 3.02. The SMILES string of the molecule is CC(Sc1nc2ncccn2n1)C(=O)Nc1ccc(Cl)c(C(F)(F)F)c1. The van der Waals surface area contributed by atoms with Gasteiger partial charge in [-0.1, -0.05) is 23.4 Å². The van der Waals surface area contributed by atoms with Crippen molar-refractivity contribution in [1.82, 2.24) is 19.6 Å². The summed E-state index contributed by atoms with van der Waals surface area (Å²) in [5.41, 5.74) is -1.01. The lowest BCUT2D eigenvalue weighted by atomic mass is 10.2. The maximum Gasteiger partial charge on any atom is 0.417 e. The molecule has 1 aromatic carbocycles. The van der Waals surface area contributed by atoms with Gasteiger partial charge in [0.2, 0.25) is 11.1 Å². The number of amides is 1. The highest BCUT2D eigenvalue weighted by molar-refractivity contribution is 8.00. The third-order valence-electron chi connectivity index (χ3n) is 3.29. The summed E-state index contributed by atoms with van der Waals surface area (Å²) in [6, 6.07) is 4.88. The number of fused-ring (bicyclic) bond motifs is 1. The van der Waals surface area contributed by atoms with Crippen molar-refractivity contribution >= 4 is 40.7 Å². The number of thioether (sulfide) groups is 1. The first-order valence-electron chi connectivity index (χ1n) is 7.26. The average molecular weight is 402 g/mol. The van der Waals surface area contributed by atoms with Gasteiger partial charge in [0.05, 0.1) is 15.8 Å². The minimum absolute atomic E-state index is 0.00352. The van der Waals surface area contributed by atoms with E-state index in [0.717, 1.165) is 23.9 Å². The number of alkyl halides is 3. The average Bonchev–Trinajstić information content (AvgIpc) is 2.97. The lowest BCUT2D eigenvalue weighted by Gasteiger charge is -2.13. The minimum atomic E-state index is -4.61. The number of carbonyl (C=O) groups is 1. The van der Waals surface area contributed by atoms with Crippen LogP contribution in [0.5, 0.6) is 0 Å². The van der Waals surface area contributed by atoms with Crippen LogP contribution in [0.4, 0.5) is 18.9 Å². The molecule has 0 aliphatic carbocycles. The molecule has 0 aliphatic rings. The van der Waals surface area contributed by atoms with Crippen molar-refractivity contribution in [3.8, 4) is 0 Å². The van der Waals surface area contributed by atoms with Crippen molar-refractivity contribution in [2.75, 3.05) is 5.32 Å². The van der Waals surface area contributed by atoms with E-state index in [1.807, 2.05) is 0 Å². The molecule has 0 bridgehead atoms. The maximum atomic E-state index is 12.9. The highest BCUT2D eigenvalue weighted by atomic mass is 35.5. The molecule has 0 saturated carbocycles. The van der Waals surface area contributed by atoms with Gasteiger partial charge in [0, 0.05) is 18.1 Å². The number of anilines is 1. The number of hydrogen-bond acceptors (Lipinski definition) is 5. The number of nitrogens with one attached hydrogen (secondary N) is 1. The summed E-state index contributed by atoms with van der Waals surface area (Å²) < 4.78 is 40.1. The first kappa shape index (κ1) is 18.5. The Kier molecular flexibility index (Phi) is 5.05. The fraction of sp³-hybridized carbons (Fsp3) is 0.200. The Labute approximate surface area is 154 Å². The molecule has 1 amide bonds. The number of hydrogen-bond donors (Lipinski definition) is 1. The number of rotatable bonds is 4. The number of benzene rings is 1. The van der Waals surface area contributed by atoms with E-state index in [9.17, 15) is 18.0 Å². The molecule has 6 nitrogen and oxygen atoms in total. The number of carbonyl (C=O) groups excluding carboxylic acids is 1. The molecule has 0 saturated heterocycles. The Balaban J connectivity index is 1.71. The first-order chi connectivity index (χ1) is 12.2. The van der Waals surface area contributed by atoms with Crippen molar-refractivity contribution in [3.63, 3.8) is 0 Å². The quantitative estimate of drug-likeness (QED) is 0.671. The molecule has 3 rings (SSSR count). The lowest BCUT2D eigenvalue weighted by Crippen LogP contribution is -2.22. The van der Waals surface area contributed by atoms with Crippen LogP contribution in [0.3, 0.4) is 0 Å². The van der Waals surface area contributed by atoms with Crippen molar-refractivity contribution in [3.05, 3.63) is 47.2 Å². The van der Waals surface area contributed by atoms with Crippen LogP contribution in [0.25, 0.3) is 5.78 Å². The summed E-state index contributed by atoms with van der Waals surface area (Å²) in [5, 5.41) is 5.86. The van der Waals surface area contributed by atoms with E-state index >= 15 is 0 Å². The smallest absolute Gasteiger partial charge is 0.325 e. The largest absolute Gasteiger partial charge is 0.417 e. The van der Waals surface area contributed by atoms with Gasteiger partial charge >= 0.3 is 6.18 Å². The molecule has 0 spiro atoms. The summed E-state index contributed by atoms with van der Waals surface area (Å²) in [6.45, 7) is 1.60. The fourth-order valence-electron chi connectivity index (χ4n) is 2.04. The Morgan fingerprint density at radius 3 is 2.85 bits per heavy atom. The third kappa shape index (κ3) is 4.07. The van der Waals surface area contributed by atoms with Crippen LogP contribution in [0.15, 0.2) is 41.8 Å². The molecular weight excluding hydrogens is 391 g/mol. The molecule has 1 unspecified atom stereocenters. The Bertz CT molecular complexity index is 929. The van der Waals surface area contributed by atoms with Gasteiger partial charge in [-0.3, -0.25) is 4.79 Å². The zero-order valence-electron chi connectivity index (χ0n) is 13.2. The van der Waals surface area contributed by atoms with Crippen LogP contribution in [-0.2, 0) is 11.0 Å². The van der Waals surface area contributed by atoms with E-state index in [1.165, 1.54) is 10.6 Å². The molecule has 2 heterocycles. The van der Waals surface area contributed by atoms with Gasteiger partial charge in [-0.25, -0.2) is 9.50 Å². The Morgan fingerprint density at radius 2 is 2.15 bits per heavy atom. The second-order valence-electron chi connectivity index (χ2n) is 5.20. The van der Waals surface area contributed by atoms with Crippen molar-refractivity contribution < 1.29 is 18.0 Å². The number of halogens is 4. The van der Waals surface area contributed by atoms with E-state index in [1.54, 1.807) is 25.4 Å². The van der Waals surface area contributed by atoms with Crippen LogP contribution in [0.1, 0.15) is 12.5 Å². The topological polar surface area (TPSA) is 72.2 Å². The van der Waals surface area contributed by atoms with E-state index < -0.39 is 27.9 Å². The maximum absolute atomic E-state index is 12.9. The summed E-state index contributed by atoms with van der Waals surface area (Å²) in [4.78, 5) is 20.4. The van der Waals surface area contributed by atoms with E-state index in [2.05, 4.69) is 20.4 Å². The Morgan fingerprint density at radius 1 is 1.38 bits per heavy atom. The minimum Gasteiger partial charge on any atom is -0.325 e. The van der Waals surface area contributed by atoms with Gasteiger partial charge in [-0.2, -0.15) is 18.2 Å². The van der Waals surface area contributed by atoms with Crippen molar-refractivity contribution in [2.24, 2.45) is 0 Å². The van der Waals surface area contributed by atoms with Crippen molar-refractivity contribution in [2.45, 2.75) is 23.5 Å².